The van der Waals surface area contributed by atoms with Gasteiger partial charge < -0.3 is 14.8 Å². The van der Waals surface area contributed by atoms with E-state index in [2.05, 4.69) is 15.3 Å². The quantitative estimate of drug-likeness (QED) is 0.176. The van der Waals surface area contributed by atoms with Crippen LogP contribution >= 0.6 is 23.2 Å². The smallest absolute Gasteiger partial charge is 0.451 e. The molecule has 15 heteroatoms. The number of nitrogens with zero attached hydrogens (tertiary/aromatic N) is 3. The van der Waals surface area contributed by atoms with E-state index in [0.29, 0.717) is 20.6 Å². The van der Waals surface area contributed by atoms with E-state index in [1.165, 1.54) is 32.4 Å². The standard InChI is InChI=1S/C28H24Cl2F4N4O4S/c1-16(19-6-4-5-7-20(19)29)36-23-14-22(31)25(13-21(23)30)43(39,40)38(26-10-11-35-27(37-26)28(32,33)34)15-17-8-9-18(41-2)12-24(17)42-3/h4-14,16,36H,15H2,1-3H3. The number of nitrogens with one attached hydrogen (secondary N) is 1. The molecule has 4 aromatic rings. The molecule has 3 aromatic carbocycles. The Morgan fingerprint density at radius 1 is 1.00 bits per heavy atom. The Balaban J connectivity index is 1.80. The van der Waals surface area contributed by atoms with Gasteiger partial charge >= 0.3 is 6.18 Å². The van der Waals surface area contributed by atoms with Gasteiger partial charge in [0.1, 0.15) is 28.0 Å². The van der Waals surface area contributed by atoms with Gasteiger partial charge in [-0.1, -0.05) is 41.4 Å². The van der Waals surface area contributed by atoms with Crippen LogP contribution < -0.4 is 19.1 Å². The Hall–Kier alpha value is -3.81. The van der Waals surface area contributed by atoms with E-state index in [1.807, 2.05) is 0 Å². The lowest BCUT2D eigenvalue weighted by Gasteiger charge is -2.26. The zero-order valence-electron chi connectivity index (χ0n) is 22.8. The van der Waals surface area contributed by atoms with Crippen molar-refractivity contribution in [1.82, 2.24) is 9.97 Å². The van der Waals surface area contributed by atoms with Crippen molar-refractivity contribution >= 4 is 44.7 Å². The van der Waals surface area contributed by atoms with Crippen molar-refractivity contribution in [2.24, 2.45) is 0 Å². The first-order chi connectivity index (χ1) is 20.3. The molecule has 0 aliphatic carbocycles. The van der Waals surface area contributed by atoms with Gasteiger partial charge in [0, 0.05) is 28.9 Å². The van der Waals surface area contributed by atoms with Crippen molar-refractivity contribution in [3.8, 4) is 11.5 Å². The Labute approximate surface area is 255 Å². The average Bonchev–Trinajstić information content (AvgIpc) is 2.97. The van der Waals surface area contributed by atoms with Crippen LogP contribution in [0.3, 0.4) is 0 Å². The number of methoxy groups -OCH3 is 2. The molecule has 0 bridgehead atoms. The molecule has 0 fully saturated rings. The molecule has 4 rings (SSSR count). The van der Waals surface area contributed by atoms with Crippen molar-refractivity contribution in [2.75, 3.05) is 23.8 Å². The first kappa shape index (κ1) is 32.1. The van der Waals surface area contributed by atoms with E-state index in [9.17, 15) is 21.6 Å². The highest BCUT2D eigenvalue weighted by Crippen LogP contribution is 2.36. The predicted molar refractivity (Wildman–Crippen MR) is 155 cm³/mol. The number of hydrogen-bond donors (Lipinski definition) is 1. The summed E-state index contributed by atoms with van der Waals surface area (Å²) in [4.78, 5) is 5.74. The highest BCUT2D eigenvalue weighted by atomic mass is 35.5. The van der Waals surface area contributed by atoms with Gasteiger partial charge in [-0.15, -0.1) is 0 Å². The highest BCUT2D eigenvalue weighted by molar-refractivity contribution is 7.92. The van der Waals surface area contributed by atoms with Crippen LogP contribution in [0.5, 0.6) is 11.5 Å². The van der Waals surface area contributed by atoms with E-state index in [-0.39, 0.29) is 22.0 Å². The number of halogens is 6. The number of benzene rings is 3. The van der Waals surface area contributed by atoms with Gasteiger partial charge in [0.2, 0.25) is 5.82 Å². The molecule has 0 saturated heterocycles. The summed E-state index contributed by atoms with van der Waals surface area (Å²) in [5, 5.41) is 3.28. The average molecular weight is 659 g/mol. The Bertz CT molecular complexity index is 1740. The zero-order valence-corrected chi connectivity index (χ0v) is 25.1. The van der Waals surface area contributed by atoms with Crippen LogP contribution in [-0.2, 0) is 22.7 Å². The SMILES string of the molecule is COc1ccc(CN(c2ccnc(C(F)(F)F)n2)S(=O)(=O)c2cc(Cl)c(NC(C)c3ccccc3Cl)cc2F)c(OC)c1. The van der Waals surface area contributed by atoms with Crippen LogP contribution in [0.4, 0.5) is 29.1 Å². The molecular formula is C28H24Cl2F4N4O4S. The number of rotatable bonds is 10. The molecule has 43 heavy (non-hydrogen) atoms. The summed E-state index contributed by atoms with van der Waals surface area (Å²) in [5.41, 5.74) is 0.967. The first-order valence-corrected chi connectivity index (χ1v) is 14.6. The highest BCUT2D eigenvalue weighted by Gasteiger charge is 2.37. The molecule has 8 nitrogen and oxygen atoms in total. The Kier molecular flexibility index (Phi) is 9.57. The van der Waals surface area contributed by atoms with Crippen LogP contribution in [0.25, 0.3) is 0 Å². The molecule has 0 aliphatic rings. The third-order valence-corrected chi connectivity index (χ3v) is 8.71. The predicted octanol–water partition coefficient (Wildman–Crippen LogP) is 7.53. The number of ether oxygens (including phenoxy) is 2. The summed E-state index contributed by atoms with van der Waals surface area (Å²) < 4.78 is 95.0. The second-order valence-electron chi connectivity index (χ2n) is 9.08. The number of anilines is 2. The number of sulfonamides is 1. The molecular weight excluding hydrogens is 635 g/mol. The summed E-state index contributed by atoms with van der Waals surface area (Å²) in [5.74, 6) is -2.92. The summed E-state index contributed by atoms with van der Waals surface area (Å²) in [6.07, 6.45) is -4.23. The Morgan fingerprint density at radius 3 is 2.37 bits per heavy atom. The number of hydrogen-bond acceptors (Lipinski definition) is 7. The molecule has 0 radical (unpaired) electrons. The topological polar surface area (TPSA) is 93.7 Å². The van der Waals surface area contributed by atoms with Crippen molar-refractivity contribution in [1.29, 1.82) is 0 Å². The molecule has 1 atom stereocenters. The molecule has 0 spiro atoms. The van der Waals surface area contributed by atoms with E-state index in [0.717, 1.165) is 24.4 Å². The third kappa shape index (κ3) is 7.06. The summed E-state index contributed by atoms with van der Waals surface area (Å²) in [7, 11) is -2.21. The fourth-order valence-corrected chi connectivity index (χ4v) is 6.19. The lowest BCUT2D eigenvalue weighted by molar-refractivity contribution is -0.144. The second-order valence-corrected chi connectivity index (χ2v) is 11.7. The second kappa shape index (κ2) is 12.8. The summed E-state index contributed by atoms with van der Waals surface area (Å²) in [6.45, 7) is 1.15. The summed E-state index contributed by atoms with van der Waals surface area (Å²) in [6, 6.07) is 13.6. The maximum atomic E-state index is 15.6. The molecule has 1 aromatic heterocycles. The minimum absolute atomic E-state index is 0.0651. The van der Waals surface area contributed by atoms with E-state index < -0.39 is 51.1 Å². The van der Waals surface area contributed by atoms with Gasteiger partial charge in [-0.25, -0.2) is 27.1 Å². The lowest BCUT2D eigenvalue weighted by Crippen LogP contribution is -2.33. The number of aromatic nitrogens is 2. The minimum Gasteiger partial charge on any atom is -0.497 e. The molecule has 1 unspecified atom stereocenters. The minimum atomic E-state index is -4.98. The van der Waals surface area contributed by atoms with Gasteiger partial charge in [-0.2, -0.15) is 13.2 Å². The van der Waals surface area contributed by atoms with Crippen LogP contribution in [0.2, 0.25) is 10.0 Å². The molecule has 0 aliphatic heterocycles. The van der Waals surface area contributed by atoms with Gasteiger partial charge in [-0.05, 0) is 42.8 Å². The Morgan fingerprint density at radius 2 is 1.72 bits per heavy atom. The van der Waals surface area contributed by atoms with Gasteiger partial charge in [-0.3, -0.25) is 0 Å². The number of alkyl halides is 3. The monoisotopic (exact) mass is 658 g/mol. The molecule has 1 N–H and O–H groups in total. The van der Waals surface area contributed by atoms with Crippen LogP contribution in [0.15, 0.2) is 71.8 Å². The maximum Gasteiger partial charge on any atom is 0.451 e. The van der Waals surface area contributed by atoms with Crippen LogP contribution in [0, 0.1) is 5.82 Å². The molecule has 0 amide bonds. The van der Waals surface area contributed by atoms with Crippen molar-refractivity contribution in [3.63, 3.8) is 0 Å². The van der Waals surface area contributed by atoms with Crippen molar-refractivity contribution in [3.05, 3.63) is 99.7 Å². The van der Waals surface area contributed by atoms with Crippen LogP contribution in [-0.4, -0.2) is 32.6 Å². The van der Waals surface area contributed by atoms with Crippen molar-refractivity contribution < 1.29 is 35.5 Å². The summed E-state index contributed by atoms with van der Waals surface area (Å²) >= 11 is 12.7. The fourth-order valence-electron chi connectivity index (χ4n) is 4.14. The van der Waals surface area contributed by atoms with E-state index >= 15 is 4.39 Å². The van der Waals surface area contributed by atoms with Gasteiger partial charge in [0.25, 0.3) is 10.0 Å². The third-order valence-electron chi connectivity index (χ3n) is 6.29. The maximum absolute atomic E-state index is 15.6. The van der Waals surface area contributed by atoms with E-state index in [4.69, 9.17) is 32.7 Å². The molecule has 228 valence electrons. The van der Waals surface area contributed by atoms with Crippen molar-refractivity contribution in [2.45, 2.75) is 30.6 Å². The normalized spacial score (nSPS) is 12.5. The molecule has 1 heterocycles. The fraction of sp³-hybridized carbons (Fsp3) is 0.214. The van der Waals surface area contributed by atoms with Gasteiger partial charge in [0.15, 0.2) is 0 Å². The van der Waals surface area contributed by atoms with Crippen LogP contribution in [0.1, 0.15) is 29.9 Å². The van der Waals surface area contributed by atoms with Gasteiger partial charge in [0.05, 0.1) is 37.5 Å². The lowest BCUT2D eigenvalue weighted by atomic mass is 10.1. The van der Waals surface area contributed by atoms with E-state index in [1.54, 1.807) is 31.2 Å². The zero-order chi connectivity index (χ0) is 31.5. The first-order valence-electron chi connectivity index (χ1n) is 12.4. The molecule has 0 saturated carbocycles. The largest absolute Gasteiger partial charge is 0.497 e.